The first-order valence-corrected chi connectivity index (χ1v) is 6.23. The van der Waals surface area contributed by atoms with Crippen molar-refractivity contribution in [2.75, 3.05) is 38.4 Å². The summed E-state index contributed by atoms with van der Waals surface area (Å²) in [6.45, 7) is 1.45. The van der Waals surface area contributed by atoms with Crippen molar-refractivity contribution in [1.29, 1.82) is 0 Å². The molecule has 0 aromatic carbocycles. The summed E-state index contributed by atoms with van der Waals surface area (Å²) < 4.78 is 21.8. The normalized spacial score (nSPS) is 12.6. The Morgan fingerprint density at radius 1 is 1.44 bits per heavy atom. The number of rotatable bonds is 7. The van der Waals surface area contributed by atoms with E-state index in [2.05, 4.69) is 4.98 Å². The minimum atomic E-state index is -1.20. The predicted octanol–water partition coefficient (Wildman–Crippen LogP) is 0.434. The second-order valence-corrected chi connectivity index (χ2v) is 4.54. The molecule has 0 aliphatic heterocycles. The lowest BCUT2D eigenvalue weighted by molar-refractivity contribution is 0.0787. The van der Waals surface area contributed by atoms with Gasteiger partial charge in [-0.3, -0.25) is 4.21 Å². The molecule has 1 rings (SSSR count). The fourth-order valence-corrected chi connectivity index (χ4v) is 2.04. The Morgan fingerprint density at radius 3 is 2.94 bits per heavy atom. The molecule has 0 aliphatic carbocycles. The highest BCUT2D eigenvalue weighted by Crippen LogP contribution is 2.11. The standard InChI is InChI=1S/C10H16N2O3S/c1-14-5-6-15-7-8-16(13)10-9(11)3-2-4-12-10/h2-4H,5-8,11H2,1H3. The minimum Gasteiger partial charge on any atom is -0.396 e. The van der Waals surface area contributed by atoms with Crippen molar-refractivity contribution >= 4 is 16.5 Å². The number of pyridine rings is 1. The van der Waals surface area contributed by atoms with Gasteiger partial charge in [0.2, 0.25) is 0 Å². The molecular formula is C10H16N2O3S. The zero-order valence-corrected chi connectivity index (χ0v) is 10.0. The molecule has 2 N–H and O–H groups in total. The van der Waals surface area contributed by atoms with Crippen LogP contribution in [-0.2, 0) is 20.3 Å². The summed E-state index contributed by atoms with van der Waals surface area (Å²) in [6.07, 6.45) is 1.58. The van der Waals surface area contributed by atoms with Gasteiger partial charge in [-0.25, -0.2) is 4.98 Å². The highest BCUT2D eigenvalue weighted by molar-refractivity contribution is 7.85. The Kier molecular flexibility index (Phi) is 5.99. The first-order valence-electron chi connectivity index (χ1n) is 4.91. The van der Waals surface area contributed by atoms with Gasteiger partial charge >= 0.3 is 0 Å². The molecule has 1 atom stereocenters. The number of hydrogen-bond donors (Lipinski definition) is 1. The second kappa shape index (κ2) is 7.32. The molecule has 1 aromatic rings. The van der Waals surface area contributed by atoms with E-state index in [0.717, 1.165) is 0 Å². The number of aromatic nitrogens is 1. The molecule has 0 spiro atoms. The van der Waals surface area contributed by atoms with Gasteiger partial charge in [0.15, 0.2) is 0 Å². The van der Waals surface area contributed by atoms with Gasteiger partial charge < -0.3 is 15.2 Å². The molecule has 6 heteroatoms. The van der Waals surface area contributed by atoms with Crippen LogP contribution in [0.3, 0.4) is 0 Å². The lowest BCUT2D eigenvalue weighted by Crippen LogP contribution is -2.11. The summed E-state index contributed by atoms with van der Waals surface area (Å²) in [5.41, 5.74) is 6.11. The summed E-state index contributed by atoms with van der Waals surface area (Å²) in [5.74, 6) is 0.394. The van der Waals surface area contributed by atoms with Crippen LogP contribution in [0.4, 0.5) is 5.69 Å². The van der Waals surface area contributed by atoms with E-state index in [1.165, 1.54) is 0 Å². The molecule has 1 heterocycles. The third kappa shape index (κ3) is 4.26. The molecule has 0 fully saturated rings. The van der Waals surface area contributed by atoms with Gasteiger partial charge in [-0.05, 0) is 12.1 Å². The van der Waals surface area contributed by atoms with Gasteiger partial charge in [0.05, 0.1) is 42.1 Å². The number of ether oxygens (including phenoxy) is 2. The van der Waals surface area contributed by atoms with Crippen LogP contribution in [0, 0.1) is 0 Å². The Bertz CT molecular complexity index is 347. The van der Waals surface area contributed by atoms with Crippen molar-refractivity contribution in [2.45, 2.75) is 5.03 Å². The summed E-state index contributed by atoms with van der Waals surface area (Å²) in [4.78, 5) is 3.99. The van der Waals surface area contributed by atoms with Crippen molar-refractivity contribution in [3.8, 4) is 0 Å². The topological polar surface area (TPSA) is 74.4 Å². The van der Waals surface area contributed by atoms with Crippen molar-refractivity contribution in [1.82, 2.24) is 4.98 Å². The molecular weight excluding hydrogens is 228 g/mol. The quantitative estimate of drug-likeness (QED) is 0.704. The van der Waals surface area contributed by atoms with Crippen molar-refractivity contribution < 1.29 is 13.7 Å². The van der Waals surface area contributed by atoms with Crippen LogP contribution in [0.2, 0.25) is 0 Å². The molecule has 90 valence electrons. The maximum absolute atomic E-state index is 11.8. The van der Waals surface area contributed by atoms with Gasteiger partial charge in [0.25, 0.3) is 0 Å². The minimum absolute atomic E-state index is 0.394. The molecule has 0 aliphatic rings. The van der Waals surface area contributed by atoms with Gasteiger partial charge in [-0.1, -0.05) is 0 Å². The number of nitrogens with zero attached hydrogens (tertiary/aromatic N) is 1. The maximum Gasteiger partial charge on any atom is 0.150 e. The van der Waals surface area contributed by atoms with E-state index in [9.17, 15) is 4.21 Å². The molecule has 0 amide bonds. The van der Waals surface area contributed by atoms with Crippen molar-refractivity contribution in [2.24, 2.45) is 0 Å². The zero-order chi connectivity index (χ0) is 11.8. The third-order valence-electron chi connectivity index (χ3n) is 1.86. The number of methoxy groups -OCH3 is 1. The maximum atomic E-state index is 11.8. The van der Waals surface area contributed by atoms with Gasteiger partial charge in [-0.2, -0.15) is 0 Å². The van der Waals surface area contributed by atoms with Gasteiger partial charge in [-0.15, -0.1) is 0 Å². The monoisotopic (exact) mass is 244 g/mol. The predicted molar refractivity (Wildman–Crippen MR) is 62.6 cm³/mol. The average Bonchev–Trinajstić information content (AvgIpc) is 2.29. The molecule has 0 radical (unpaired) electrons. The Hall–Kier alpha value is -0.980. The number of nitrogens with two attached hydrogens (primary N) is 1. The van der Waals surface area contributed by atoms with Crippen LogP contribution in [0.15, 0.2) is 23.4 Å². The van der Waals surface area contributed by atoms with Gasteiger partial charge in [0.1, 0.15) is 5.03 Å². The van der Waals surface area contributed by atoms with E-state index in [0.29, 0.717) is 36.3 Å². The molecule has 5 nitrogen and oxygen atoms in total. The highest BCUT2D eigenvalue weighted by Gasteiger charge is 2.08. The lowest BCUT2D eigenvalue weighted by atomic mass is 10.4. The molecule has 0 bridgehead atoms. The number of hydrogen-bond acceptors (Lipinski definition) is 5. The summed E-state index contributed by atoms with van der Waals surface area (Å²) >= 11 is 0. The average molecular weight is 244 g/mol. The number of nitrogen functional groups attached to an aromatic ring is 1. The summed E-state index contributed by atoms with van der Waals surface area (Å²) in [5, 5.41) is 0.429. The van der Waals surface area contributed by atoms with E-state index in [1.54, 1.807) is 25.4 Å². The summed E-state index contributed by atoms with van der Waals surface area (Å²) in [6, 6.07) is 3.40. The fourth-order valence-electron chi connectivity index (χ4n) is 1.07. The van der Waals surface area contributed by atoms with Crippen LogP contribution in [0.1, 0.15) is 0 Å². The van der Waals surface area contributed by atoms with Gasteiger partial charge in [0, 0.05) is 13.3 Å². The Balaban J connectivity index is 2.33. The lowest BCUT2D eigenvalue weighted by Gasteiger charge is -2.05. The smallest absolute Gasteiger partial charge is 0.150 e. The molecule has 1 aromatic heterocycles. The first kappa shape index (κ1) is 13.1. The van der Waals surface area contributed by atoms with E-state index >= 15 is 0 Å². The first-order chi connectivity index (χ1) is 7.75. The van der Waals surface area contributed by atoms with Crippen LogP contribution in [0.25, 0.3) is 0 Å². The fraction of sp³-hybridized carbons (Fsp3) is 0.500. The third-order valence-corrected chi connectivity index (χ3v) is 3.17. The zero-order valence-electron chi connectivity index (χ0n) is 9.22. The Labute approximate surface area is 97.4 Å². The van der Waals surface area contributed by atoms with E-state index in [-0.39, 0.29) is 0 Å². The second-order valence-electron chi connectivity index (χ2n) is 3.05. The Morgan fingerprint density at radius 2 is 2.25 bits per heavy atom. The van der Waals surface area contributed by atoms with Crippen LogP contribution < -0.4 is 5.73 Å². The van der Waals surface area contributed by atoms with E-state index in [4.69, 9.17) is 15.2 Å². The van der Waals surface area contributed by atoms with Crippen molar-refractivity contribution in [3.63, 3.8) is 0 Å². The summed E-state index contributed by atoms with van der Waals surface area (Å²) in [7, 11) is 0.405. The largest absolute Gasteiger partial charge is 0.396 e. The molecule has 16 heavy (non-hydrogen) atoms. The van der Waals surface area contributed by atoms with E-state index in [1.807, 2.05) is 0 Å². The van der Waals surface area contributed by atoms with Crippen LogP contribution in [-0.4, -0.2) is 41.9 Å². The number of anilines is 1. The van der Waals surface area contributed by atoms with Crippen LogP contribution in [0.5, 0.6) is 0 Å². The highest BCUT2D eigenvalue weighted by atomic mass is 32.2. The van der Waals surface area contributed by atoms with Crippen LogP contribution >= 0.6 is 0 Å². The SMILES string of the molecule is COCCOCCS(=O)c1ncccc1N. The molecule has 0 saturated carbocycles. The molecule has 0 saturated heterocycles. The molecule has 1 unspecified atom stereocenters. The van der Waals surface area contributed by atoms with E-state index < -0.39 is 10.8 Å². The van der Waals surface area contributed by atoms with Crippen molar-refractivity contribution in [3.05, 3.63) is 18.3 Å².